The van der Waals surface area contributed by atoms with Crippen molar-refractivity contribution in [3.63, 3.8) is 0 Å². The van der Waals surface area contributed by atoms with Crippen molar-refractivity contribution in [3.8, 4) is 17.1 Å². The molecule has 4 rings (SSSR count). The first-order chi connectivity index (χ1) is 17.0. The highest BCUT2D eigenvalue weighted by Crippen LogP contribution is 2.36. The average Bonchev–Trinajstić information content (AvgIpc) is 3.22. The number of hydrogen-bond donors (Lipinski definition) is 1. The summed E-state index contributed by atoms with van der Waals surface area (Å²) in [6.45, 7) is -0.354. The van der Waals surface area contributed by atoms with Gasteiger partial charge < -0.3 is 19.9 Å². The summed E-state index contributed by atoms with van der Waals surface area (Å²) in [4.78, 5) is 22.0. The molecule has 7 nitrogen and oxygen atoms in total. The van der Waals surface area contributed by atoms with Gasteiger partial charge in [-0.3, -0.25) is 4.79 Å². The van der Waals surface area contributed by atoms with Crippen molar-refractivity contribution in [2.75, 3.05) is 13.7 Å². The largest absolute Gasteiger partial charge is 0.481 e. The van der Waals surface area contributed by atoms with Crippen molar-refractivity contribution in [3.05, 3.63) is 65.0 Å². The molecule has 36 heavy (non-hydrogen) atoms. The quantitative estimate of drug-likeness (QED) is 0.402. The van der Waals surface area contributed by atoms with Gasteiger partial charge in [-0.05, 0) is 24.1 Å². The van der Waals surface area contributed by atoms with Gasteiger partial charge in [0.05, 0.1) is 25.0 Å². The second kappa shape index (κ2) is 9.80. The van der Waals surface area contributed by atoms with E-state index in [2.05, 4.69) is 9.97 Å². The number of benzene rings is 1. The van der Waals surface area contributed by atoms with Crippen LogP contribution in [0.2, 0.25) is 0 Å². The smallest absolute Gasteiger partial charge is 0.449 e. The lowest BCUT2D eigenvalue weighted by atomic mass is 10.0. The van der Waals surface area contributed by atoms with Gasteiger partial charge in [-0.2, -0.15) is 13.2 Å². The van der Waals surface area contributed by atoms with Crippen molar-refractivity contribution in [1.29, 1.82) is 0 Å². The lowest BCUT2D eigenvalue weighted by Gasteiger charge is -2.30. The lowest BCUT2D eigenvalue weighted by molar-refractivity contribution is -0.148. The summed E-state index contributed by atoms with van der Waals surface area (Å²) < 4.78 is 87.5. The maximum Gasteiger partial charge on any atom is 0.449 e. The van der Waals surface area contributed by atoms with Crippen LogP contribution in [0, 0.1) is 17.5 Å². The van der Waals surface area contributed by atoms with Gasteiger partial charge in [0.15, 0.2) is 11.6 Å². The zero-order chi connectivity index (χ0) is 26.2. The van der Waals surface area contributed by atoms with Crippen LogP contribution < -0.4 is 10.5 Å². The number of carbonyl (C=O) groups excluding carboxylic acids is 1. The van der Waals surface area contributed by atoms with E-state index in [1.807, 2.05) is 0 Å². The Balaban J connectivity index is 1.54. The summed E-state index contributed by atoms with van der Waals surface area (Å²) >= 11 is 0. The average molecular weight is 513 g/mol. The number of alkyl halides is 3. The number of aromatic nitrogens is 3. The molecular formula is C23H21F6N5O2. The van der Waals surface area contributed by atoms with Crippen molar-refractivity contribution in [2.45, 2.75) is 38.1 Å². The van der Waals surface area contributed by atoms with Gasteiger partial charge in [0.2, 0.25) is 17.6 Å². The fraction of sp³-hybridized carbons (Fsp3) is 0.348. The highest BCUT2D eigenvalue weighted by molar-refractivity contribution is 5.77. The molecule has 0 radical (unpaired) electrons. The van der Waals surface area contributed by atoms with Gasteiger partial charge in [-0.1, -0.05) is 0 Å². The molecule has 0 spiro atoms. The number of nitrogens with two attached hydrogens (primary N) is 1. The van der Waals surface area contributed by atoms with Crippen LogP contribution in [0.15, 0.2) is 30.5 Å². The predicted octanol–water partition coefficient (Wildman–Crippen LogP) is 3.69. The number of methoxy groups -OCH3 is 1. The Bertz CT molecular complexity index is 1280. The Morgan fingerprint density at radius 2 is 1.86 bits per heavy atom. The number of ether oxygens (including phenoxy) is 1. The molecule has 3 aromatic rings. The van der Waals surface area contributed by atoms with Crippen molar-refractivity contribution in [1.82, 2.24) is 19.4 Å². The molecule has 0 saturated carbocycles. The minimum Gasteiger partial charge on any atom is -0.481 e. The van der Waals surface area contributed by atoms with Crippen LogP contribution in [-0.2, 0) is 30.5 Å². The first kappa shape index (κ1) is 25.5. The molecule has 13 heteroatoms. The van der Waals surface area contributed by atoms with E-state index in [-0.39, 0.29) is 55.3 Å². The summed E-state index contributed by atoms with van der Waals surface area (Å²) in [5, 5.41) is 0. The molecule has 192 valence electrons. The van der Waals surface area contributed by atoms with E-state index in [0.717, 1.165) is 4.57 Å². The first-order valence-corrected chi connectivity index (χ1v) is 10.8. The van der Waals surface area contributed by atoms with Gasteiger partial charge in [-0.15, -0.1) is 0 Å². The van der Waals surface area contributed by atoms with Crippen molar-refractivity contribution >= 4 is 5.91 Å². The molecule has 1 amide bonds. The Labute approximate surface area is 201 Å². The van der Waals surface area contributed by atoms with E-state index in [0.29, 0.717) is 17.7 Å². The maximum absolute atomic E-state index is 13.9. The molecule has 2 N–H and O–H groups in total. The Morgan fingerprint density at radius 3 is 2.50 bits per heavy atom. The second-order valence-electron chi connectivity index (χ2n) is 8.31. The van der Waals surface area contributed by atoms with E-state index in [1.165, 1.54) is 30.3 Å². The number of hydrogen-bond acceptors (Lipinski definition) is 5. The third-order valence-electron chi connectivity index (χ3n) is 5.84. The molecule has 1 aliphatic rings. The van der Waals surface area contributed by atoms with Crippen molar-refractivity contribution in [2.24, 2.45) is 5.73 Å². The third kappa shape index (κ3) is 5.15. The van der Waals surface area contributed by atoms with Gasteiger partial charge in [-0.25, -0.2) is 23.1 Å². The highest BCUT2D eigenvalue weighted by Gasteiger charge is 2.41. The molecule has 0 aliphatic carbocycles. The fourth-order valence-corrected chi connectivity index (χ4v) is 4.10. The number of carbonyl (C=O) groups is 1. The molecule has 0 fully saturated rings. The van der Waals surface area contributed by atoms with Crippen LogP contribution in [-0.4, -0.2) is 45.0 Å². The van der Waals surface area contributed by atoms with Crippen LogP contribution in [0.4, 0.5) is 26.3 Å². The predicted molar refractivity (Wildman–Crippen MR) is 115 cm³/mol. The topological polar surface area (TPSA) is 86.3 Å². The standard InChI is InChI=1S/C23H21F6N5O2/c1-36-19-3-2-12(10-31-19)21-18-11-33(4-5-34(18)22(32-21)23(27,28)29)20(35)8-14(30)6-13-7-16(25)17(26)9-15(13)24/h2-3,7,9-10,14H,4-6,8,11,30H2,1H3. The van der Waals surface area contributed by atoms with Crippen LogP contribution in [0.5, 0.6) is 5.88 Å². The molecule has 0 bridgehead atoms. The van der Waals surface area contributed by atoms with E-state index in [4.69, 9.17) is 10.5 Å². The number of fused-ring (bicyclic) bond motifs is 1. The SMILES string of the molecule is COc1ccc(-c2nc(C(F)(F)F)n3c2CN(C(=O)CC(N)Cc2cc(F)c(F)cc2F)CC3)cn1. The van der Waals surface area contributed by atoms with Gasteiger partial charge in [0.25, 0.3) is 0 Å². The normalized spacial score (nSPS) is 14.5. The molecule has 2 aromatic heterocycles. The number of pyridine rings is 1. The molecular weight excluding hydrogens is 492 g/mol. The van der Waals surface area contributed by atoms with E-state index < -0.39 is 41.4 Å². The highest BCUT2D eigenvalue weighted by atomic mass is 19.4. The molecule has 1 atom stereocenters. The molecule has 1 unspecified atom stereocenters. The van der Waals surface area contributed by atoms with Crippen molar-refractivity contribution < 1.29 is 35.9 Å². The summed E-state index contributed by atoms with van der Waals surface area (Å²) in [5.41, 5.74) is 6.29. The summed E-state index contributed by atoms with van der Waals surface area (Å²) in [6.07, 6.45) is -3.90. The monoisotopic (exact) mass is 513 g/mol. The summed E-state index contributed by atoms with van der Waals surface area (Å²) in [7, 11) is 1.40. The Morgan fingerprint density at radius 1 is 1.14 bits per heavy atom. The number of amides is 1. The lowest BCUT2D eigenvalue weighted by Crippen LogP contribution is -2.42. The zero-order valence-electron chi connectivity index (χ0n) is 19.0. The van der Waals surface area contributed by atoms with Gasteiger partial charge in [0.1, 0.15) is 5.82 Å². The van der Waals surface area contributed by atoms with E-state index >= 15 is 0 Å². The summed E-state index contributed by atoms with van der Waals surface area (Å²) in [5.74, 6) is -4.87. The zero-order valence-corrected chi connectivity index (χ0v) is 19.0. The van der Waals surface area contributed by atoms with E-state index in [1.54, 1.807) is 0 Å². The molecule has 1 aliphatic heterocycles. The number of imidazole rings is 1. The first-order valence-electron chi connectivity index (χ1n) is 10.8. The Kier molecular flexibility index (Phi) is 6.94. The summed E-state index contributed by atoms with van der Waals surface area (Å²) in [6, 6.07) is 3.15. The fourth-order valence-electron chi connectivity index (χ4n) is 4.10. The Hall–Kier alpha value is -3.61. The van der Waals surface area contributed by atoms with Crippen LogP contribution >= 0.6 is 0 Å². The number of rotatable bonds is 6. The van der Waals surface area contributed by atoms with Crippen LogP contribution in [0.1, 0.15) is 23.5 Å². The van der Waals surface area contributed by atoms with Crippen LogP contribution in [0.25, 0.3) is 11.3 Å². The van der Waals surface area contributed by atoms with Gasteiger partial charge >= 0.3 is 6.18 Å². The molecule has 1 aromatic carbocycles. The number of halogens is 6. The maximum atomic E-state index is 13.9. The van der Waals surface area contributed by atoms with Crippen LogP contribution in [0.3, 0.4) is 0 Å². The number of nitrogens with zero attached hydrogens (tertiary/aromatic N) is 4. The van der Waals surface area contributed by atoms with E-state index in [9.17, 15) is 31.1 Å². The minimum absolute atomic E-state index is 0.0299. The third-order valence-corrected chi connectivity index (χ3v) is 5.84. The minimum atomic E-state index is -4.71. The molecule has 0 saturated heterocycles. The van der Waals surface area contributed by atoms with Gasteiger partial charge in [0, 0.05) is 49.4 Å². The second-order valence-corrected chi connectivity index (χ2v) is 8.31. The molecule has 3 heterocycles.